The van der Waals surface area contributed by atoms with Crippen molar-refractivity contribution < 1.29 is 8.42 Å². The fourth-order valence-electron chi connectivity index (χ4n) is 2.42. The molecule has 0 amide bonds. The Kier molecular flexibility index (Phi) is 3.88. The lowest BCUT2D eigenvalue weighted by atomic mass is 10.0. The van der Waals surface area contributed by atoms with Crippen LogP contribution in [0.1, 0.15) is 31.4 Å². The molecule has 2 atom stereocenters. The van der Waals surface area contributed by atoms with Gasteiger partial charge in [0.1, 0.15) is 0 Å². The van der Waals surface area contributed by atoms with Gasteiger partial charge in [0.15, 0.2) is 9.84 Å². The van der Waals surface area contributed by atoms with Crippen LogP contribution in [0.2, 0.25) is 0 Å². The van der Waals surface area contributed by atoms with Gasteiger partial charge >= 0.3 is 0 Å². The summed E-state index contributed by atoms with van der Waals surface area (Å²) in [7, 11) is -3.08. The Morgan fingerprint density at radius 3 is 2.94 bits per heavy atom. The van der Waals surface area contributed by atoms with E-state index >= 15 is 0 Å². The Morgan fingerprint density at radius 2 is 2.22 bits per heavy atom. The molecule has 1 N–H and O–H groups in total. The van der Waals surface area contributed by atoms with Gasteiger partial charge < -0.3 is 5.32 Å². The van der Waals surface area contributed by atoms with E-state index in [4.69, 9.17) is 0 Å². The molecule has 18 heavy (non-hydrogen) atoms. The highest BCUT2D eigenvalue weighted by Gasteiger charge is 2.30. The number of sulfone groups is 1. The van der Waals surface area contributed by atoms with Gasteiger partial charge in [0.2, 0.25) is 0 Å². The molecule has 0 aliphatic carbocycles. The van der Waals surface area contributed by atoms with Crippen molar-refractivity contribution in [1.29, 1.82) is 0 Å². The van der Waals surface area contributed by atoms with E-state index in [-0.39, 0.29) is 11.8 Å². The Balaban J connectivity index is 2.28. The highest BCUT2D eigenvalue weighted by atomic mass is 32.2. The van der Waals surface area contributed by atoms with Crippen LogP contribution in [0.15, 0.2) is 41.8 Å². The van der Waals surface area contributed by atoms with Gasteiger partial charge in [-0.3, -0.25) is 0 Å². The maximum Gasteiger partial charge on any atom is 0.178 e. The molecule has 0 saturated heterocycles. The van der Waals surface area contributed by atoms with Crippen molar-refractivity contribution in [2.45, 2.75) is 36.7 Å². The molecule has 0 aromatic heterocycles. The molecule has 1 aromatic carbocycles. The van der Waals surface area contributed by atoms with Crippen LogP contribution in [0, 0.1) is 0 Å². The van der Waals surface area contributed by atoms with Crippen LogP contribution in [0.5, 0.6) is 0 Å². The monoisotopic (exact) mass is 265 g/mol. The number of hydrogen-bond donors (Lipinski definition) is 1. The van der Waals surface area contributed by atoms with Crippen molar-refractivity contribution in [3.8, 4) is 0 Å². The number of hydrogen-bond acceptors (Lipinski definition) is 3. The molecular formula is C14H19NO2S. The standard InChI is InChI=1S/C14H19NO2S/c1-3-6-11(2)15-13-9-10-18(16,17)14-8-5-4-7-12(13)14/h3-5,7-8,11,13,15H,1,6,9-10H2,2H3. The smallest absolute Gasteiger partial charge is 0.178 e. The third-order valence-electron chi connectivity index (χ3n) is 3.31. The quantitative estimate of drug-likeness (QED) is 0.851. The third-order valence-corrected chi connectivity index (χ3v) is 5.13. The number of nitrogens with one attached hydrogen (secondary N) is 1. The zero-order chi connectivity index (χ0) is 13.2. The van der Waals surface area contributed by atoms with Crippen LogP contribution in [0.4, 0.5) is 0 Å². The zero-order valence-electron chi connectivity index (χ0n) is 10.6. The predicted octanol–water partition coefficient (Wildman–Crippen LogP) is 2.46. The summed E-state index contributed by atoms with van der Waals surface area (Å²) in [6.07, 6.45) is 3.40. The maximum absolute atomic E-state index is 12.0. The van der Waals surface area contributed by atoms with Crippen molar-refractivity contribution >= 4 is 9.84 Å². The summed E-state index contributed by atoms with van der Waals surface area (Å²) < 4.78 is 24.0. The molecular weight excluding hydrogens is 246 g/mol. The van der Waals surface area contributed by atoms with Crippen LogP contribution in [-0.4, -0.2) is 20.2 Å². The molecule has 0 radical (unpaired) electrons. The molecule has 3 nitrogen and oxygen atoms in total. The van der Waals surface area contributed by atoms with Crippen molar-refractivity contribution in [1.82, 2.24) is 5.32 Å². The Hall–Kier alpha value is -1.13. The Labute approximate surface area is 109 Å². The number of fused-ring (bicyclic) bond motifs is 1. The van der Waals surface area contributed by atoms with Crippen LogP contribution >= 0.6 is 0 Å². The van der Waals surface area contributed by atoms with E-state index in [1.807, 2.05) is 18.2 Å². The molecule has 0 bridgehead atoms. The molecule has 2 rings (SSSR count). The van der Waals surface area contributed by atoms with Gasteiger partial charge in [0.25, 0.3) is 0 Å². The first-order valence-electron chi connectivity index (χ1n) is 6.23. The lowest BCUT2D eigenvalue weighted by Gasteiger charge is -2.28. The van der Waals surface area contributed by atoms with Crippen LogP contribution < -0.4 is 5.32 Å². The molecule has 0 spiro atoms. The maximum atomic E-state index is 12.0. The first kappa shape index (κ1) is 13.3. The summed E-state index contributed by atoms with van der Waals surface area (Å²) in [6, 6.07) is 7.72. The molecule has 98 valence electrons. The average Bonchev–Trinajstić information content (AvgIpc) is 2.34. The van der Waals surface area contributed by atoms with E-state index in [0.717, 1.165) is 12.0 Å². The SMILES string of the molecule is C=CCC(C)NC1CCS(=O)(=O)c2ccccc21. The van der Waals surface area contributed by atoms with Gasteiger partial charge in [0, 0.05) is 12.1 Å². The highest BCUT2D eigenvalue weighted by Crippen LogP contribution is 2.32. The van der Waals surface area contributed by atoms with Crippen molar-refractivity contribution in [2.24, 2.45) is 0 Å². The van der Waals surface area contributed by atoms with Crippen molar-refractivity contribution in [3.05, 3.63) is 42.5 Å². The summed E-state index contributed by atoms with van der Waals surface area (Å²) >= 11 is 0. The minimum atomic E-state index is -3.08. The molecule has 2 unspecified atom stereocenters. The topological polar surface area (TPSA) is 46.2 Å². The minimum Gasteiger partial charge on any atom is -0.307 e. The van der Waals surface area contributed by atoms with Gasteiger partial charge in [-0.25, -0.2) is 8.42 Å². The molecule has 1 aromatic rings. The normalized spacial score (nSPS) is 23.1. The summed E-state index contributed by atoms with van der Waals surface area (Å²) in [4.78, 5) is 0.486. The molecule has 0 fully saturated rings. The summed E-state index contributed by atoms with van der Waals surface area (Å²) in [5, 5.41) is 3.48. The minimum absolute atomic E-state index is 0.125. The molecule has 1 aliphatic heterocycles. The first-order valence-corrected chi connectivity index (χ1v) is 7.88. The van der Waals surface area contributed by atoms with Crippen molar-refractivity contribution in [3.63, 3.8) is 0 Å². The van der Waals surface area contributed by atoms with Gasteiger partial charge in [-0.15, -0.1) is 6.58 Å². The fourth-order valence-corrected chi connectivity index (χ4v) is 4.05. The van der Waals surface area contributed by atoms with Gasteiger partial charge in [-0.05, 0) is 31.4 Å². The van der Waals surface area contributed by atoms with Crippen LogP contribution in [-0.2, 0) is 9.84 Å². The second kappa shape index (κ2) is 5.24. The van der Waals surface area contributed by atoms with Crippen LogP contribution in [0.25, 0.3) is 0 Å². The van der Waals surface area contributed by atoms with Gasteiger partial charge in [-0.1, -0.05) is 24.3 Å². The third kappa shape index (κ3) is 2.65. The second-order valence-corrected chi connectivity index (χ2v) is 6.87. The molecule has 0 saturated carbocycles. The van der Waals surface area contributed by atoms with E-state index in [1.165, 1.54) is 0 Å². The molecule has 1 heterocycles. The summed E-state index contributed by atoms with van der Waals surface area (Å²) in [5.74, 6) is 0.225. The Morgan fingerprint density at radius 1 is 1.50 bits per heavy atom. The van der Waals surface area contributed by atoms with E-state index < -0.39 is 9.84 Å². The van der Waals surface area contributed by atoms with E-state index in [0.29, 0.717) is 17.4 Å². The van der Waals surface area contributed by atoms with E-state index in [1.54, 1.807) is 12.1 Å². The first-order chi connectivity index (χ1) is 8.54. The van der Waals surface area contributed by atoms with Crippen LogP contribution in [0.3, 0.4) is 0 Å². The molecule has 4 heteroatoms. The largest absolute Gasteiger partial charge is 0.307 e. The number of rotatable bonds is 4. The lowest BCUT2D eigenvalue weighted by Crippen LogP contribution is -2.35. The Bertz CT molecular complexity index is 536. The zero-order valence-corrected chi connectivity index (χ0v) is 11.4. The van der Waals surface area contributed by atoms with Gasteiger partial charge in [-0.2, -0.15) is 0 Å². The van der Waals surface area contributed by atoms with E-state index in [9.17, 15) is 8.42 Å². The molecule has 1 aliphatic rings. The predicted molar refractivity (Wildman–Crippen MR) is 73.3 cm³/mol. The number of benzene rings is 1. The van der Waals surface area contributed by atoms with Crippen molar-refractivity contribution in [2.75, 3.05) is 5.75 Å². The van der Waals surface area contributed by atoms with Gasteiger partial charge in [0.05, 0.1) is 10.6 Å². The highest BCUT2D eigenvalue weighted by molar-refractivity contribution is 7.91. The van der Waals surface area contributed by atoms with E-state index in [2.05, 4.69) is 18.8 Å². The summed E-state index contributed by atoms with van der Waals surface area (Å²) in [5.41, 5.74) is 0.902. The second-order valence-electron chi connectivity index (χ2n) is 4.79. The lowest BCUT2D eigenvalue weighted by molar-refractivity contribution is 0.434. The fraction of sp³-hybridized carbons (Fsp3) is 0.429. The summed E-state index contributed by atoms with van der Waals surface area (Å²) in [6.45, 7) is 5.82. The average molecular weight is 265 g/mol.